The molecular formula is C15H15N3O2. The third-order valence-electron chi connectivity index (χ3n) is 2.84. The number of nitriles is 1. The highest BCUT2D eigenvalue weighted by atomic mass is 16.3. The number of amides is 1. The van der Waals surface area contributed by atoms with Crippen LogP contribution in [0.25, 0.3) is 0 Å². The van der Waals surface area contributed by atoms with Crippen LogP contribution >= 0.6 is 0 Å². The number of carbonyl (C=O) groups excluding carboxylic acids is 1. The topological polar surface area (TPSA) is 78.1 Å². The third-order valence-corrected chi connectivity index (χ3v) is 2.84. The molecule has 20 heavy (non-hydrogen) atoms. The number of rotatable bonds is 5. The molecule has 2 aromatic rings. The Labute approximate surface area is 117 Å². The van der Waals surface area contributed by atoms with E-state index in [0.717, 1.165) is 5.76 Å². The molecule has 2 rings (SSSR count). The van der Waals surface area contributed by atoms with Gasteiger partial charge in [0.1, 0.15) is 5.76 Å². The molecule has 0 bridgehead atoms. The van der Waals surface area contributed by atoms with E-state index in [4.69, 9.17) is 9.68 Å². The van der Waals surface area contributed by atoms with Gasteiger partial charge < -0.3 is 9.73 Å². The zero-order valence-electron chi connectivity index (χ0n) is 11.1. The molecule has 0 spiro atoms. The summed E-state index contributed by atoms with van der Waals surface area (Å²) < 4.78 is 5.25. The van der Waals surface area contributed by atoms with Crippen LogP contribution in [-0.4, -0.2) is 12.5 Å². The van der Waals surface area contributed by atoms with Crippen LogP contribution in [0.4, 0.5) is 5.69 Å². The van der Waals surface area contributed by atoms with Crippen molar-refractivity contribution in [3.63, 3.8) is 0 Å². The molecule has 5 nitrogen and oxygen atoms in total. The minimum Gasteiger partial charge on any atom is -0.468 e. The number of hydrogen-bond acceptors (Lipinski definition) is 4. The molecule has 2 N–H and O–H groups in total. The number of hydrogen-bond donors (Lipinski definition) is 2. The summed E-state index contributed by atoms with van der Waals surface area (Å²) in [6.07, 6.45) is 1.60. The minimum atomic E-state index is -0.145. The lowest BCUT2D eigenvalue weighted by atomic mass is 10.2. The molecule has 0 saturated heterocycles. The molecule has 1 atom stereocenters. The molecule has 1 amide bonds. The van der Waals surface area contributed by atoms with Crippen LogP contribution in [0, 0.1) is 11.3 Å². The fraction of sp³-hybridized carbons (Fsp3) is 0.200. The van der Waals surface area contributed by atoms with E-state index < -0.39 is 0 Å². The Morgan fingerprint density at radius 1 is 1.35 bits per heavy atom. The van der Waals surface area contributed by atoms with E-state index in [-0.39, 0.29) is 18.5 Å². The van der Waals surface area contributed by atoms with E-state index in [1.807, 2.05) is 25.1 Å². The summed E-state index contributed by atoms with van der Waals surface area (Å²) in [7, 11) is 0. The second kappa shape index (κ2) is 6.55. The van der Waals surface area contributed by atoms with Crippen molar-refractivity contribution in [2.45, 2.75) is 13.0 Å². The Bertz CT molecular complexity index is 597. The van der Waals surface area contributed by atoms with Crippen molar-refractivity contribution in [1.29, 1.82) is 5.26 Å². The molecule has 0 saturated carbocycles. The second-order valence-corrected chi connectivity index (χ2v) is 4.36. The SMILES string of the molecule is C[C@H](NCC(=O)Nc1ccc(C#N)cc1)c1ccco1. The maximum Gasteiger partial charge on any atom is 0.238 e. The van der Waals surface area contributed by atoms with Crippen LogP contribution in [0.3, 0.4) is 0 Å². The number of benzene rings is 1. The van der Waals surface area contributed by atoms with Crippen molar-refractivity contribution in [3.05, 3.63) is 54.0 Å². The molecule has 102 valence electrons. The summed E-state index contributed by atoms with van der Waals surface area (Å²) in [6.45, 7) is 2.11. The summed E-state index contributed by atoms with van der Waals surface area (Å²) in [5, 5.41) is 14.5. The summed E-state index contributed by atoms with van der Waals surface area (Å²) in [5.41, 5.74) is 1.23. The maximum absolute atomic E-state index is 11.8. The predicted molar refractivity (Wildman–Crippen MR) is 74.9 cm³/mol. The van der Waals surface area contributed by atoms with Crippen LogP contribution in [0.1, 0.15) is 24.3 Å². The molecule has 1 aromatic carbocycles. The van der Waals surface area contributed by atoms with Crippen molar-refractivity contribution < 1.29 is 9.21 Å². The molecule has 1 aromatic heterocycles. The van der Waals surface area contributed by atoms with Gasteiger partial charge in [-0.05, 0) is 43.3 Å². The maximum atomic E-state index is 11.8. The zero-order valence-corrected chi connectivity index (χ0v) is 11.1. The van der Waals surface area contributed by atoms with E-state index >= 15 is 0 Å². The molecule has 5 heteroatoms. The molecule has 0 aliphatic rings. The summed E-state index contributed by atoms with van der Waals surface area (Å²) in [5.74, 6) is 0.643. The number of nitrogens with one attached hydrogen (secondary N) is 2. The van der Waals surface area contributed by atoms with Gasteiger partial charge in [-0.2, -0.15) is 5.26 Å². The Kier molecular flexibility index (Phi) is 4.53. The van der Waals surface area contributed by atoms with Gasteiger partial charge in [0.25, 0.3) is 0 Å². The Balaban J connectivity index is 1.82. The van der Waals surface area contributed by atoms with Crippen LogP contribution in [0.15, 0.2) is 47.1 Å². The quantitative estimate of drug-likeness (QED) is 0.873. The lowest BCUT2D eigenvalue weighted by molar-refractivity contribution is -0.115. The van der Waals surface area contributed by atoms with Crippen molar-refractivity contribution >= 4 is 11.6 Å². The van der Waals surface area contributed by atoms with Gasteiger partial charge in [-0.25, -0.2) is 0 Å². The first-order valence-corrected chi connectivity index (χ1v) is 6.26. The predicted octanol–water partition coefficient (Wildman–Crippen LogP) is 2.44. The molecule has 0 aliphatic carbocycles. The van der Waals surface area contributed by atoms with Gasteiger partial charge in [-0.15, -0.1) is 0 Å². The van der Waals surface area contributed by atoms with Crippen LogP contribution < -0.4 is 10.6 Å². The summed E-state index contributed by atoms with van der Waals surface area (Å²) >= 11 is 0. The van der Waals surface area contributed by atoms with Crippen LogP contribution in [0.5, 0.6) is 0 Å². The van der Waals surface area contributed by atoms with Gasteiger partial charge in [0, 0.05) is 5.69 Å². The Morgan fingerprint density at radius 3 is 2.70 bits per heavy atom. The highest BCUT2D eigenvalue weighted by Gasteiger charge is 2.09. The highest BCUT2D eigenvalue weighted by molar-refractivity contribution is 5.92. The van der Waals surface area contributed by atoms with E-state index in [0.29, 0.717) is 11.3 Å². The average Bonchev–Trinajstić information content (AvgIpc) is 3.00. The minimum absolute atomic E-state index is 0.0308. The van der Waals surface area contributed by atoms with Gasteiger partial charge in [-0.1, -0.05) is 0 Å². The number of carbonyl (C=O) groups is 1. The molecule has 1 heterocycles. The fourth-order valence-electron chi connectivity index (χ4n) is 1.72. The van der Waals surface area contributed by atoms with Gasteiger partial charge in [0.05, 0.1) is 30.5 Å². The zero-order chi connectivity index (χ0) is 14.4. The van der Waals surface area contributed by atoms with Gasteiger partial charge in [0.2, 0.25) is 5.91 Å². The van der Waals surface area contributed by atoms with Gasteiger partial charge >= 0.3 is 0 Å². The van der Waals surface area contributed by atoms with Crippen molar-refractivity contribution in [1.82, 2.24) is 5.32 Å². The molecule has 0 fully saturated rings. The lowest BCUT2D eigenvalue weighted by Crippen LogP contribution is -2.29. The fourth-order valence-corrected chi connectivity index (χ4v) is 1.72. The summed E-state index contributed by atoms with van der Waals surface area (Å²) in [6, 6.07) is 12.4. The Morgan fingerprint density at radius 2 is 2.10 bits per heavy atom. The standard InChI is InChI=1S/C15H15N3O2/c1-11(14-3-2-8-20-14)17-10-15(19)18-13-6-4-12(9-16)5-7-13/h2-8,11,17H,10H2,1H3,(H,18,19)/t11-/m0/s1. The third kappa shape index (κ3) is 3.70. The largest absolute Gasteiger partial charge is 0.468 e. The van der Waals surface area contributed by atoms with Gasteiger partial charge in [0.15, 0.2) is 0 Å². The van der Waals surface area contributed by atoms with Crippen LogP contribution in [0.2, 0.25) is 0 Å². The molecule has 0 aliphatic heterocycles. The number of nitrogens with zero attached hydrogens (tertiary/aromatic N) is 1. The highest BCUT2D eigenvalue weighted by Crippen LogP contribution is 2.12. The summed E-state index contributed by atoms with van der Waals surface area (Å²) in [4.78, 5) is 11.8. The van der Waals surface area contributed by atoms with E-state index in [1.54, 1.807) is 30.5 Å². The van der Waals surface area contributed by atoms with E-state index in [1.165, 1.54) is 0 Å². The smallest absolute Gasteiger partial charge is 0.238 e. The molecular weight excluding hydrogens is 254 g/mol. The monoisotopic (exact) mass is 269 g/mol. The van der Waals surface area contributed by atoms with Crippen molar-refractivity contribution in [3.8, 4) is 6.07 Å². The average molecular weight is 269 g/mol. The van der Waals surface area contributed by atoms with E-state index in [2.05, 4.69) is 10.6 Å². The first-order chi connectivity index (χ1) is 9.69. The van der Waals surface area contributed by atoms with Crippen LogP contribution in [-0.2, 0) is 4.79 Å². The molecule has 0 radical (unpaired) electrons. The molecule has 0 unspecified atom stereocenters. The van der Waals surface area contributed by atoms with Gasteiger partial charge in [-0.3, -0.25) is 10.1 Å². The second-order valence-electron chi connectivity index (χ2n) is 4.36. The first kappa shape index (κ1) is 13.8. The Hall–Kier alpha value is -2.58. The van der Waals surface area contributed by atoms with Crippen molar-refractivity contribution in [2.75, 3.05) is 11.9 Å². The normalized spacial score (nSPS) is 11.6. The number of anilines is 1. The van der Waals surface area contributed by atoms with Crippen molar-refractivity contribution in [2.24, 2.45) is 0 Å². The number of furan rings is 1. The lowest BCUT2D eigenvalue weighted by Gasteiger charge is -2.11. The first-order valence-electron chi connectivity index (χ1n) is 6.26. The van der Waals surface area contributed by atoms with E-state index in [9.17, 15) is 4.79 Å².